The van der Waals surface area contributed by atoms with Crippen molar-refractivity contribution in [2.45, 2.75) is 13.0 Å². The maximum atomic E-state index is 12.3. The van der Waals surface area contributed by atoms with Crippen LogP contribution in [0.2, 0.25) is 0 Å². The molecule has 0 aromatic heterocycles. The number of methoxy groups -OCH3 is 1. The van der Waals surface area contributed by atoms with Gasteiger partial charge >= 0.3 is 5.97 Å². The minimum Gasteiger partial charge on any atom is -0.465 e. The molecule has 0 radical (unpaired) electrons. The highest BCUT2D eigenvalue weighted by molar-refractivity contribution is 7.99. The number of hydrogen-bond donors (Lipinski definition) is 1. The van der Waals surface area contributed by atoms with Crippen molar-refractivity contribution < 1.29 is 19.1 Å². The molecule has 110 valence electrons. The van der Waals surface area contributed by atoms with Crippen LogP contribution in [0.1, 0.15) is 6.92 Å². The van der Waals surface area contributed by atoms with Crippen LogP contribution in [0.3, 0.4) is 0 Å². The second-order valence-corrected chi connectivity index (χ2v) is 5.29. The maximum Gasteiger partial charge on any atom is 0.325 e. The Hall–Kier alpha value is -0.790. The minimum atomic E-state index is -0.379. The average Bonchev–Trinajstić information content (AvgIpc) is 2.44. The fraction of sp³-hybridized carbons (Fsp3) is 0.833. The summed E-state index contributed by atoms with van der Waals surface area (Å²) in [6.45, 7) is 3.68. The summed E-state index contributed by atoms with van der Waals surface area (Å²) in [4.78, 5) is 25.4. The Morgan fingerprint density at radius 1 is 1.47 bits per heavy atom. The lowest BCUT2D eigenvalue weighted by molar-refractivity contribution is -0.149. The summed E-state index contributed by atoms with van der Waals surface area (Å²) >= 11 is 1.74. The fourth-order valence-electron chi connectivity index (χ4n) is 1.78. The van der Waals surface area contributed by atoms with Crippen molar-refractivity contribution in [3.63, 3.8) is 0 Å². The molecule has 6 nitrogen and oxygen atoms in total. The Kier molecular flexibility index (Phi) is 7.85. The van der Waals surface area contributed by atoms with Gasteiger partial charge in [-0.05, 0) is 6.92 Å². The number of hydrogen-bond acceptors (Lipinski definition) is 6. The lowest BCUT2D eigenvalue weighted by atomic mass is 10.2. The normalized spacial score (nSPS) is 18.9. The van der Waals surface area contributed by atoms with Crippen LogP contribution in [0.15, 0.2) is 0 Å². The van der Waals surface area contributed by atoms with Gasteiger partial charge in [-0.2, -0.15) is 11.8 Å². The second kappa shape index (κ2) is 9.17. The molecule has 0 aliphatic carbocycles. The van der Waals surface area contributed by atoms with Crippen LogP contribution in [-0.4, -0.2) is 74.3 Å². The van der Waals surface area contributed by atoms with E-state index in [4.69, 9.17) is 9.47 Å². The van der Waals surface area contributed by atoms with Gasteiger partial charge in [-0.25, -0.2) is 0 Å². The third kappa shape index (κ3) is 5.80. The number of carbonyl (C=O) groups is 2. The summed E-state index contributed by atoms with van der Waals surface area (Å²) in [5, 5.41) is 3.18. The lowest BCUT2D eigenvalue weighted by Crippen LogP contribution is -2.52. The molecule has 19 heavy (non-hydrogen) atoms. The summed E-state index contributed by atoms with van der Waals surface area (Å²) < 4.78 is 9.87. The van der Waals surface area contributed by atoms with E-state index in [9.17, 15) is 9.59 Å². The van der Waals surface area contributed by atoms with Crippen LogP contribution in [-0.2, 0) is 19.1 Å². The van der Waals surface area contributed by atoms with Crippen LogP contribution in [0.25, 0.3) is 0 Å². The van der Waals surface area contributed by atoms with Crippen molar-refractivity contribution in [3.8, 4) is 0 Å². The number of esters is 1. The van der Waals surface area contributed by atoms with Crippen molar-refractivity contribution in [2.24, 2.45) is 0 Å². The van der Waals surface area contributed by atoms with Gasteiger partial charge in [-0.1, -0.05) is 0 Å². The summed E-state index contributed by atoms with van der Waals surface area (Å²) in [7, 11) is 1.57. The van der Waals surface area contributed by atoms with Gasteiger partial charge in [0.2, 0.25) is 5.91 Å². The predicted molar refractivity (Wildman–Crippen MR) is 74.2 cm³/mol. The van der Waals surface area contributed by atoms with Crippen LogP contribution in [0.5, 0.6) is 0 Å². The zero-order chi connectivity index (χ0) is 14.1. The van der Waals surface area contributed by atoms with Crippen LogP contribution < -0.4 is 5.32 Å². The summed E-state index contributed by atoms with van der Waals surface area (Å²) in [6, 6.07) is -0.218. The summed E-state index contributed by atoms with van der Waals surface area (Å²) in [6.07, 6.45) is 0. The molecule has 1 aliphatic rings. The first-order valence-electron chi connectivity index (χ1n) is 6.43. The number of thioether (sulfide) groups is 1. The largest absolute Gasteiger partial charge is 0.465 e. The van der Waals surface area contributed by atoms with E-state index in [2.05, 4.69) is 5.32 Å². The number of amides is 1. The highest BCUT2D eigenvalue weighted by atomic mass is 32.2. The van der Waals surface area contributed by atoms with E-state index < -0.39 is 0 Å². The van der Waals surface area contributed by atoms with Gasteiger partial charge in [0.15, 0.2) is 0 Å². The molecule has 1 N–H and O–H groups in total. The van der Waals surface area contributed by atoms with Crippen LogP contribution >= 0.6 is 11.8 Å². The van der Waals surface area contributed by atoms with Gasteiger partial charge in [-0.3, -0.25) is 9.59 Å². The molecule has 1 saturated heterocycles. The van der Waals surface area contributed by atoms with Gasteiger partial charge in [0.05, 0.1) is 19.3 Å². The van der Waals surface area contributed by atoms with Crippen molar-refractivity contribution in [3.05, 3.63) is 0 Å². The van der Waals surface area contributed by atoms with E-state index >= 15 is 0 Å². The fourth-order valence-corrected chi connectivity index (χ4v) is 2.70. The van der Waals surface area contributed by atoms with E-state index in [0.717, 1.165) is 18.1 Å². The highest BCUT2D eigenvalue weighted by Crippen LogP contribution is 2.10. The SMILES string of the molecule is CCOC(=O)CN(CCOC)C(=O)C1CSCCN1. The van der Waals surface area contributed by atoms with Gasteiger partial charge in [0, 0.05) is 31.7 Å². The van der Waals surface area contributed by atoms with Crippen molar-refractivity contribution in [2.75, 3.05) is 51.5 Å². The first-order valence-corrected chi connectivity index (χ1v) is 7.59. The molecule has 7 heteroatoms. The smallest absolute Gasteiger partial charge is 0.325 e. The van der Waals surface area contributed by atoms with Gasteiger partial charge in [-0.15, -0.1) is 0 Å². The van der Waals surface area contributed by atoms with Crippen molar-refractivity contribution >= 4 is 23.6 Å². The third-order valence-electron chi connectivity index (χ3n) is 2.72. The Balaban J connectivity index is 2.55. The monoisotopic (exact) mass is 290 g/mol. The molecule has 1 heterocycles. The van der Waals surface area contributed by atoms with Crippen LogP contribution in [0.4, 0.5) is 0 Å². The number of nitrogens with one attached hydrogen (secondary N) is 1. The first kappa shape index (κ1) is 16.3. The van der Waals surface area contributed by atoms with Gasteiger partial charge in [0.25, 0.3) is 0 Å². The van der Waals surface area contributed by atoms with Gasteiger partial charge in [0.1, 0.15) is 6.54 Å². The number of rotatable bonds is 7. The summed E-state index contributed by atoms with van der Waals surface area (Å²) in [5.74, 6) is 1.32. The van der Waals surface area contributed by atoms with E-state index in [1.807, 2.05) is 0 Å². The molecule has 0 aromatic carbocycles. The molecule has 1 rings (SSSR count). The predicted octanol–water partition coefficient (Wildman–Crippen LogP) is -0.270. The molecule has 0 aromatic rings. The molecule has 0 bridgehead atoms. The second-order valence-electron chi connectivity index (χ2n) is 4.14. The quantitative estimate of drug-likeness (QED) is 0.651. The molecular formula is C12H22N2O4S. The van der Waals surface area contributed by atoms with Crippen molar-refractivity contribution in [1.82, 2.24) is 10.2 Å². The van der Waals surface area contributed by atoms with Gasteiger partial charge < -0.3 is 19.7 Å². The number of ether oxygens (including phenoxy) is 2. The minimum absolute atomic E-state index is 0.0150. The molecule has 0 spiro atoms. The Labute approximate surface area is 118 Å². The molecule has 0 saturated carbocycles. The Bertz CT molecular complexity index is 295. The van der Waals surface area contributed by atoms with Crippen LogP contribution in [0, 0.1) is 0 Å². The number of carbonyl (C=O) groups excluding carboxylic acids is 2. The molecule has 1 fully saturated rings. The van der Waals surface area contributed by atoms with E-state index in [1.54, 1.807) is 25.8 Å². The standard InChI is InChI=1S/C12H22N2O4S/c1-3-18-11(15)8-14(5-6-17-2)12(16)10-9-19-7-4-13-10/h10,13H,3-9H2,1-2H3. The average molecular weight is 290 g/mol. The summed E-state index contributed by atoms with van der Waals surface area (Å²) in [5.41, 5.74) is 0. The zero-order valence-corrected chi connectivity index (χ0v) is 12.3. The third-order valence-corrected chi connectivity index (χ3v) is 3.78. The highest BCUT2D eigenvalue weighted by Gasteiger charge is 2.27. The van der Waals surface area contributed by atoms with E-state index in [-0.39, 0.29) is 24.5 Å². The van der Waals surface area contributed by atoms with E-state index in [1.165, 1.54) is 4.90 Å². The first-order chi connectivity index (χ1) is 9.19. The van der Waals surface area contributed by atoms with E-state index in [0.29, 0.717) is 19.8 Å². The Morgan fingerprint density at radius 3 is 2.84 bits per heavy atom. The Morgan fingerprint density at radius 2 is 2.26 bits per heavy atom. The molecule has 1 atom stereocenters. The lowest BCUT2D eigenvalue weighted by Gasteiger charge is -2.29. The molecule has 1 aliphatic heterocycles. The number of nitrogens with zero attached hydrogens (tertiary/aromatic N) is 1. The topological polar surface area (TPSA) is 67.9 Å². The maximum absolute atomic E-state index is 12.3. The molecule has 1 unspecified atom stereocenters. The molecular weight excluding hydrogens is 268 g/mol. The van der Waals surface area contributed by atoms with Crippen molar-refractivity contribution in [1.29, 1.82) is 0 Å². The molecule has 1 amide bonds. The zero-order valence-electron chi connectivity index (χ0n) is 11.5.